The first-order valence-corrected chi connectivity index (χ1v) is 6.78. The summed E-state index contributed by atoms with van der Waals surface area (Å²) in [6.45, 7) is 0. The second-order valence-electron chi connectivity index (χ2n) is 4.38. The highest BCUT2D eigenvalue weighted by atomic mass is 32.1. The van der Waals surface area contributed by atoms with Gasteiger partial charge in [0.15, 0.2) is 0 Å². The molecule has 1 aromatic heterocycles. The Labute approximate surface area is 109 Å². The maximum Gasteiger partial charge on any atom is 0.0434 e. The fourth-order valence-corrected chi connectivity index (χ4v) is 3.71. The predicted octanol–water partition coefficient (Wildman–Crippen LogP) is 2.40. The third-order valence-corrected chi connectivity index (χ3v) is 4.53. The zero-order valence-electron chi connectivity index (χ0n) is 9.68. The lowest BCUT2D eigenvalue weighted by molar-refractivity contribution is 1.17. The Balaban J connectivity index is 2.27. The number of rotatable bonds is 0. The number of benzene rings is 1. The van der Waals surface area contributed by atoms with E-state index in [1.807, 2.05) is 17.5 Å². The SMILES string of the molecule is C1=CC2=CNC=CC2=c2sc3ccccc3c2=C1. The lowest BCUT2D eigenvalue weighted by Gasteiger charge is -2.07. The van der Waals surface area contributed by atoms with Crippen molar-refractivity contribution < 1.29 is 0 Å². The van der Waals surface area contributed by atoms with E-state index in [-0.39, 0.29) is 0 Å². The molecule has 0 radical (unpaired) electrons. The van der Waals surface area contributed by atoms with Gasteiger partial charge in [-0.1, -0.05) is 36.4 Å². The van der Waals surface area contributed by atoms with Crippen LogP contribution >= 0.6 is 11.3 Å². The molecule has 0 saturated heterocycles. The van der Waals surface area contributed by atoms with Gasteiger partial charge in [-0.3, -0.25) is 0 Å². The minimum absolute atomic E-state index is 1.25. The monoisotopic (exact) mass is 249 g/mol. The second-order valence-corrected chi connectivity index (χ2v) is 5.43. The third-order valence-electron chi connectivity index (χ3n) is 3.31. The fraction of sp³-hybridized carbons (Fsp3) is 0. The van der Waals surface area contributed by atoms with E-state index in [2.05, 4.69) is 60.1 Å². The predicted molar refractivity (Wildman–Crippen MR) is 78.4 cm³/mol. The number of hydrogen-bond donors (Lipinski definition) is 1. The summed E-state index contributed by atoms with van der Waals surface area (Å²) in [5.74, 6) is 0. The molecular weight excluding hydrogens is 238 g/mol. The highest BCUT2D eigenvalue weighted by Crippen LogP contribution is 2.20. The summed E-state index contributed by atoms with van der Waals surface area (Å²) in [7, 11) is 0. The van der Waals surface area contributed by atoms with Crippen molar-refractivity contribution in [3.8, 4) is 0 Å². The minimum atomic E-state index is 1.25. The van der Waals surface area contributed by atoms with Gasteiger partial charge in [-0.15, -0.1) is 11.3 Å². The molecule has 0 atom stereocenters. The summed E-state index contributed by atoms with van der Waals surface area (Å²) in [5, 5.41) is 5.85. The van der Waals surface area contributed by atoms with Crippen LogP contribution in [0, 0.1) is 0 Å². The van der Waals surface area contributed by atoms with Crippen LogP contribution in [0.2, 0.25) is 0 Å². The van der Waals surface area contributed by atoms with Gasteiger partial charge >= 0.3 is 0 Å². The van der Waals surface area contributed by atoms with Gasteiger partial charge in [0.1, 0.15) is 0 Å². The molecule has 1 nitrogen and oxygen atoms in total. The van der Waals surface area contributed by atoms with Crippen molar-refractivity contribution in [2.24, 2.45) is 0 Å². The van der Waals surface area contributed by atoms with Gasteiger partial charge in [-0.05, 0) is 17.7 Å². The van der Waals surface area contributed by atoms with E-state index in [0.29, 0.717) is 0 Å². The number of hydrogen-bond acceptors (Lipinski definition) is 2. The van der Waals surface area contributed by atoms with Crippen LogP contribution in [-0.2, 0) is 0 Å². The van der Waals surface area contributed by atoms with Crippen molar-refractivity contribution in [2.45, 2.75) is 0 Å². The number of dihydropyridines is 1. The molecular formula is C16H11NS. The summed E-state index contributed by atoms with van der Waals surface area (Å²) < 4.78 is 2.72. The Kier molecular flexibility index (Phi) is 2.05. The van der Waals surface area contributed by atoms with E-state index >= 15 is 0 Å². The second kappa shape index (κ2) is 3.72. The highest BCUT2D eigenvalue weighted by Gasteiger charge is 2.10. The Morgan fingerprint density at radius 2 is 2.00 bits per heavy atom. The summed E-state index contributed by atoms with van der Waals surface area (Å²) >= 11 is 1.87. The molecule has 2 aromatic rings. The molecule has 18 heavy (non-hydrogen) atoms. The average Bonchev–Trinajstić information content (AvgIpc) is 2.69. The Hall–Kier alpha value is -2.06. The van der Waals surface area contributed by atoms with Crippen molar-refractivity contribution in [1.82, 2.24) is 5.32 Å². The van der Waals surface area contributed by atoms with Gasteiger partial charge in [0, 0.05) is 37.8 Å². The lowest BCUT2D eigenvalue weighted by atomic mass is 10.1. The molecule has 86 valence electrons. The van der Waals surface area contributed by atoms with Crippen molar-refractivity contribution in [3.05, 3.63) is 70.2 Å². The topological polar surface area (TPSA) is 12.0 Å². The normalized spacial score (nSPS) is 16.4. The summed E-state index contributed by atoms with van der Waals surface area (Å²) in [6.07, 6.45) is 12.7. The Morgan fingerprint density at radius 1 is 1.06 bits per heavy atom. The average molecular weight is 249 g/mol. The van der Waals surface area contributed by atoms with Crippen LogP contribution in [0.5, 0.6) is 0 Å². The van der Waals surface area contributed by atoms with Gasteiger partial charge in [-0.2, -0.15) is 0 Å². The molecule has 1 N–H and O–H groups in total. The maximum absolute atomic E-state index is 3.15. The van der Waals surface area contributed by atoms with Crippen LogP contribution in [0.25, 0.3) is 21.7 Å². The Bertz CT molecular complexity index is 847. The van der Waals surface area contributed by atoms with Crippen molar-refractivity contribution >= 4 is 33.1 Å². The van der Waals surface area contributed by atoms with Crippen LogP contribution in [0.3, 0.4) is 0 Å². The molecule has 2 aliphatic rings. The fourth-order valence-electron chi connectivity index (χ4n) is 2.47. The number of fused-ring (bicyclic) bond motifs is 4. The zero-order valence-corrected chi connectivity index (χ0v) is 10.5. The summed E-state index contributed by atoms with van der Waals surface area (Å²) in [6, 6.07) is 8.61. The zero-order chi connectivity index (χ0) is 11.9. The van der Waals surface area contributed by atoms with Crippen molar-refractivity contribution in [2.75, 3.05) is 0 Å². The van der Waals surface area contributed by atoms with E-state index in [1.54, 1.807) is 0 Å². The van der Waals surface area contributed by atoms with Crippen molar-refractivity contribution in [3.63, 3.8) is 0 Å². The molecule has 1 aliphatic heterocycles. The van der Waals surface area contributed by atoms with E-state index in [0.717, 1.165) is 0 Å². The van der Waals surface area contributed by atoms with Gasteiger partial charge in [-0.25, -0.2) is 0 Å². The largest absolute Gasteiger partial charge is 0.367 e. The van der Waals surface area contributed by atoms with Gasteiger partial charge < -0.3 is 5.32 Å². The number of allylic oxidation sites excluding steroid dienone is 4. The number of thiophene rings is 1. The molecule has 0 bridgehead atoms. The van der Waals surface area contributed by atoms with Crippen LogP contribution in [0.4, 0.5) is 0 Å². The van der Waals surface area contributed by atoms with E-state index in [1.165, 1.54) is 31.0 Å². The first kappa shape index (κ1) is 9.92. The first-order valence-electron chi connectivity index (χ1n) is 5.97. The van der Waals surface area contributed by atoms with Gasteiger partial charge in [0.2, 0.25) is 0 Å². The van der Waals surface area contributed by atoms with E-state index in [9.17, 15) is 0 Å². The van der Waals surface area contributed by atoms with Gasteiger partial charge in [0.05, 0.1) is 0 Å². The quantitative estimate of drug-likeness (QED) is 0.756. The molecule has 4 rings (SSSR count). The smallest absolute Gasteiger partial charge is 0.0434 e. The first-order chi connectivity index (χ1) is 8.93. The summed E-state index contributed by atoms with van der Waals surface area (Å²) in [5.41, 5.74) is 2.56. The van der Waals surface area contributed by atoms with Gasteiger partial charge in [0.25, 0.3) is 0 Å². The highest BCUT2D eigenvalue weighted by molar-refractivity contribution is 7.17. The molecule has 1 aliphatic carbocycles. The lowest BCUT2D eigenvalue weighted by Crippen LogP contribution is -2.21. The van der Waals surface area contributed by atoms with Crippen LogP contribution < -0.4 is 15.1 Å². The maximum atomic E-state index is 3.15. The Morgan fingerprint density at radius 3 is 3.00 bits per heavy atom. The molecule has 1 aromatic carbocycles. The molecule has 2 heteroatoms. The van der Waals surface area contributed by atoms with Crippen LogP contribution in [0.15, 0.2) is 60.5 Å². The molecule has 0 saturated carbocycles. The van der Waals surface area contributed by atoms with Crippen molar-refractivity contribution in [1.29, 1.82) is 0 Å². The molecule has 0 unspecified atom stereocenters. The standard InChI is InChI=1S/C16H11NS/c1-2-7-15-13(5-1)14-6-3-4-11-10-17-9-8-12(11)16(14)18-15/h1-10,17H. The van der Waals surface area contributed by atoms with E-state index in [4.69, 9.17) is 0 Å². The number of nitrogens with one attached hydrogen (secondary N) is 1. The molecule has 0 fully saturated rings. The van der Waals surface area contributed by atoms with Crippen LogP contribution in [-0.4, -0.2) is 0 Å². The minimum Gasteiger partial charge on any atom is -0.367 e. The van der Waals surface area contributed by atoms with E-state index < -0.39 is 0 Å². The molecule has 0 amide bonds. The van der Waals surface area contributed by atoms with Crippen LogP contribution in [0.1, 0.15) is 0 Å². The summed E-state index contributed by atoms with van der Waals surface area (Å²) in [4.78, 5) is 0. The molecule has 2 heterocycles. The third kappa shape index (κ3) is 1.33. The molecule has 0 spiro atoms.